The number of nitrogens with one attached hydrogen (secondary N) is 2. The smallest absolute Gasteiger partial charge is 0.238 e. The molecule has 1 spiro atoms. The SMILES string of the molecule is COc1cc(Cl)cc([C@@H]2CC(=O)N[C@@H](c3cc(F)ccc3C)[C@]23C(=O)Nc2cc(Cl)ccc23)c1S(C)=O. The van der Waals surface area contributed by atoms with Crippen LogP contribution in [0.25, 0.3) is 0 Å². The van der Waals surface area contributed by atoms with E-state index in [1.54, 1.807) is 43.3 Å². The highest BCUT2D eigenvalue weighted by atomic mass is 35.5. The van der Waals surface area contributed by atoms with Crippen molar-refractivity contribution in [3.63, 3.8) is 0 Å². The summed E-state index contributed by atoms with van der Waals surface area (Å²) in [5.41, 5.74) is 1.26. The summed E-state index contributed by atoms with van der Waals surface area (Å²) < 4.78 is 33.1. The van der Waals surface area contributed by atoms with Gasteiger partial charge in [0.25, 0.3) is 0 Å². The van der Waals surface area contributed by atoms with E-state index in [4.69, 9.17) is 27.9 Å². The number of anilines is 1. The minimum Gasteiger partial charge on any atom is -0.495 e. The first kappa shape index (κ1) is 25.7. The molecule has 6 nitrogen and oxygen atoms in total. The van der Waals surface area contributed by atoms with Crippen LogP contribution < -0.4 is 15.4 Å². The van der Waals surface area contributed by atoms with Crippen LogP contribution in [0.2, 0.25) is 10.0 Å². The fraction of sp³-hybridized carbons (Fsp3) is 0.259. The average molecular weight is 561 g/mol. The first-order valence-corrected chi connectivity index (χ1v) is 13.8. The number of amides is 2. The van der Waals surface area contributed by atoms with Crippen LogP contribution in [-0.4, -0.2) is 29.4 Å². The molecule has 1 fully saturated rings. The van der Waals surface area contributed by atoms with Gasteiger partial charge in [-0.3, -0.25) is 13.8 Å². The molecule has 192 valence electrons. The van der Waals surface area contributed by atoms with Gasteiger partial charge in [0.15, 0.2) is 0 Å². The molecule has 3 aromatic rings. The highest BCUT2D eigenvalue weighted by Crippen LogP contribution is 2.59. The third kappa shape index (κ3) is 4.02. The van der Waals surface area contributed by atoms with E-state index in [9.17, 15) is 18.2 Å². The van der Waals surface area contributed by atoms with Gasteiger partial charge in [-0.15, -0.1) is 0 Å². The molecule has 37 heavy (non-hydrogen) atoms. The Labute approximate surface area is 226 Å². The average Bonchev–Trinajstić information content (AvgIpc) is 3.12. The summed E-state index contributed by atoms with van der Waals surface area (Å²) in [7, 11) is -0.116. The van der Waals surface area contributed by atoms with Crippen LogP contribution in [0.5, 0.6) is 5.75 Å². The Balaban J connectivity index is 1.89. The standard InChI is InChI=1S/C27H23Cl2FN2O4S/c1-13-4-6-16(30)11-17(13)25-27(19-7-5-14(28)9-21(19)31-26(27)34)20(12-23(33)32-25)18-8-15(29)10-22(36-2)24(18)37(3)35/h4-11,20,25H,12H2,1-3H3,(H,31,34)(H,32,33)/t20-,25-,27+,37?/m0/s1. The first-order chi connectivity index (χ1) is 17.6. The van der Waals surface area contributed by atoms with Crippen molar-refractivity contribution >= 4 is 51.5 Å². The van der Waals surface area contributed by atoms with E-state index in [1.807, 2.05) is 0 Å². The number of fused-ring (bicyclic) bond motifs is 2. The van der Waals surface area contributed by atoms with Crippen molar-refractivity contribution in [3.8, 4) is 5.75 Å². The molecular formula is C27H23Cl2FN2O4S. The van der Waals surface area contributed by atoms with Gasteiger partial charge in [-0.05, 0) is 59.5 Å². The Bertz CT molecular complexity index is 1500. The van der Waals surface area contributed by atoms with Crippen molar-refractivity contribution in [2.75, 3.05) is 18.7 Å². The van der Waals surface area contributed by atoms with Crippen LogP contribution >= 0.6 is 23.2 Å². The summed E-state index contributed by atoms with van der Waals surface area (Å²) in [6, 6.07) is 11.6. The summed E-state index contributed by atoms with van der Waals surface area (Å²) in [6.07, 6.45) is 1.40. The molecule has 0 saturated carbocycles. The van der Waals surface area contributed by atoms with Crippen LogP contribution in [0.3, 0.4) is 0 Å². The highest BCUT2D eigenvalue weighted by molar-refractivity contribution is 7.84. The van der Waals surface area contributed by atoms with Gasteiger partial charge in [0.1, 0.15) is 17.0 Å². The molecule has 2 aliphatic heterocycles. The van der Waals surface area contributed by atoms with Crippen LogP contribution in [0.4, 0.5) is 10.1 Å². The second kappa shape index (κ2) is 9.42. The van der Waals surface area contributed by atoms with E-state index < -0.39 is 39.9 Å². The zero-order valence-electron chi connectivity index (χ0n) is 20.2. The summed E-state index contributed by atoms with van der Waals surface area (Å²) in [6.45, 7) is 1.79. The van der Waals surface area contributed by atoms with Crippen molar-refractivity contribution in [2.24, 2.45) is 0 Å². The number of hydrogen-bond donors (Lipinski definition) is 2. The van der Waals surface area contributed by atoms with E-state index >= 15 is 0 Å². The van der Waals surface area contributed by atoms with Crippen LogP contribution in [-0.2, 0) is 25.8 Å². The van der Waals surface area contributed by atoms with Crippen LogP contribution in [0, 0.1) is 12.7 Å². The third-order valence-electron chi connectivity index (χ3n) is 7.23. The maximum Gasteiger partial charge on any atom is 0.238 e. The Morgan fingerprint density at radius 3 is 2.51 bits per heavy atom. The third-order valence-corrected chi connectivity index (χ3v) is 8.70. The number of benzene rings is 3. The number of piperidine rings is 1. The van der Waals surface area contributed by atoms with E-state index in [0.29, 0.717) is 42.9 Å². The van der Waals surface area contributed by atoms with Crippen molar-refractivity contribution in [2.45, 2.75) is 35.6 Å². The van der Waals surface area contributed by atoms with Gasteiger partial charge in [-0.2, -0.15) is 0 Å². The quantitative estimate of drug-likeness (QED) is 0.446. The summed E-state index contributed by atoms with van der Waals surface area (Å²) in [5, 5.41) is 6.63. The van der Waals surface area contributed by atoms with E-state index in [1.165, 1.54) is 25.5 Å². The van der Waals surface area contributed by atoms with E-state index in [-0.39, 0.29) is 18.1 Å². The number of hydrogen-bond acceptors (Lipinski definition) is 4. The Kier molecular flexibility index (Phi) is 6.54. The van der Waals surface area contributed by atoms with Crippen LogP contribution in [0.15, 0.2) is 53.4 Å². The van der Waals surface area contributed by atoms with Gasteiger partial charge in [0, 0.05) is 40.4 Å². The lowest BCUT2D eigenvalue weighted by Crippen LogP contribution is -2.57. The highest BCUT2D eigenvalue weighted by Gasteiger charge is 2.62. The molecule has 0 aliphatic carbocycles. The lowest BCUT2D eigenvalue weighted by atomic mass is 9.59. The van der Waals surface area contributed by atoms with Crippen molar-refractivity contribution < 1.29 is 22.9 Å². The topological polar surface area (TPSA) is 84.5 Å². The van der Waals surface area contributed by atoms with Gasteiger partial charge in [0.2, 0.25) is 11.8 Å². The lowest BCUT2D eigenvalue weighted by Gasteiger charge is -2.47. The maximum atomic E-state index is 14.6. The first-order valence-electron chi connectivity index (χ1n) is 11.5. The van der Waals surface area contributed by atoms with Gasteiger partial charge < -0.3 is 15.4 Å². The van der Waals surface area contributed by atoms with Gasteiger partial charge in [-0.25, -0.2) is 4.39 Å². The van der Waals surface area contributed by atoms with Crippen molar-refractivity contribution in [3.05, 3.63) is 86.6 Å². The van der Waals surface area contributed by atoms with Gasteiger partial charge in [-0.1, -0.05) is 35.3 Å². The molecule has 2 heterocycles. The van der Waals surface area contributed by atoms with E-state index in [2.05, 4.69) is 10.6 Å². The molecule has 0 radical (unpaired) electrons. The zero-order chi connectivity index (χ0) is 26.6. The minimum absolute atomic E-state index is 0.103. The Hall–Kier alpha value is -2.94. The number of aryl methyl sites for hydroxylation is 1. The molecule has 1 unspecified atom stereocenters. The largest absolute Gasteiger partial charge is 0.495 e. The molecule has 1 saturated heterocycles. The summed E-state index contributed by atoms with van der Waals surface area (Å²) in [5.74, 6) is -1.76. The monoisotopic (exact) mass is 560 g/mol. The van der Waals surface area contributed by atoms with Gasteiger partial charge in [0.05, 0.1) is 28.8 Å². The fourth-order valence-corrected chi connectivity index (χ4v) is 7.10. The minimum atomic E-state index is -1.55. The van der Waals surface area contributed by atoms with E-state index in [0.717, 1.165) is 0 Å². The molecule has 2 N–H and O–H groups in total. The Morgan fingerprint density at radius 1 is 1.05 bits per heavy atom. The number of carbonyl (C=O) groups is 2. The number of methoxy groups -OCH3 is 1. The lowest BCUT2D eigenvalue weighted by molar-refractivity contribution is -0.131. The molecule has 2 amide bonds. The fourth-order valence-electron chi connectivity index (χ4n) is 5.75. The number of halogens is 3. The number of carbonyl (C=O) groups excluding carboxylic acids is 2. The van der Waals surface area contributed by atoms with Crippen molar-refractivity contribution in [1.82, 2.24) is 5.32 Å². The predicted octanol–water partition coefficient (Wildman–Crippen LogP) is 5.42. The summed E-state index contributed by atoms with van der Waals surface area (Å²) in [4.78, 5) is 27.8. The zero-order valence-corrected chi connectivity index (χ0v) is 22.5. The molecule has 4 atom stereocenters. The summed E-state index contributed by atoms with van der Waals surface area (Å²) >= 11 is 12.7. The number of ether oxygens (including phenoxy) is 1. The molecule has 3 aromatic carbocycles. The molecule has 0 aromatic heterocycles. The normalized spacial score (nSPS) is 23.4. The van der Waals surface area contributed by atoms with Crippen molar-refractivity contribution in [1.29, 1.82) is 0 Å². The second-order valence-electron chi connectivity index (χ2n) is 9.25. The Morgan fingerprint density at radius 2 is 1.81 bits per heavy atom. The number of rotatable bonds is 4. The molecule has 5 rings (SSSR count). The molecule has 10 heteroatoms. The molecule has 2 aliphatic rings. The molecule has 0 bridgehead atoms. The van der Waals surface area contributed by atoms with Crippen LogP contribution in [0.1, 0.15) is 40.6 Å². The maximum absolute atomic E-state index is 14.6. The molecular weight excluding hydrogens is 538 g/mol. The second-order valence-corrected chi connectivity index (χ2v) is 11.4. The predicted molar refractivity (Wildman–Crippen MR) is 141 cm³/mol. The van der Waals surface area contributed by atoms with Gasteiger partial charge >= 0.3 is 0 Å².